The maximum atomic E-state index is 4.20. The largest absolute Gasteiger partial charge is 0.305 e. The first-order chi connectivity index (χ1) is 7.27. The average molecular weight is 202 g/mol. The first-order valence-corrected chi connectivity index (χ1v) is 5.53. The van der Waals surface area contributed by atoms with Crippen molar-refractivity contribution >= 4 is 5.57 Å². The van der Waals surface area contributed by atoms with E-state index in [1.54, 1.807) is 5.57 Å². The average Bonchev–Trinajstić information content (AvgIpc) is 2.66. The molecule has 1 aliphatic carbocycles. The van der Waals surface area contributed by atoms with E-state index in [-0.39, 0.29) is 0 Å². The minimum atomic E-state index is 1.09. The van der Waals surface area contributed by atoms with Crippen LogP contribution in [0.15, 0.2) is 30.1 Å². The van der Waals surface area contributed by atoms with Crippen molar-refractivity contribution in [3.8, 4) is 0 Å². The van der Waals surface area contributed by atoms with Crippen LogP contribution in [0.4, 0.5) is 0 Å². The van der Waals surface area contributed by atoms with Crippen LogP contribution in [0.3, 0.4) is 0 Å². The number of pyridine rings is 1. The van der Waals surface area contributed by atoms with E-state index < -0.39 is 0 Å². The van der Waals surface area contributed by atoms with Gasteiger partial charge >= 0.3 is 0 Å². The van der Waals surface area contributed by atoms with Gasteiger partial charge in [0.1, 0.15) is 0 Å². The molecule has 0 unspecified atom stereocenters. The molecule has 1 aromatic heterocycles. The molecule has 80 valence electrons. The van der Waals surface area contributed by atoms with Crippen LogP contribution in [0, 0.1) is 0 Å². The van der Waals surface area contributed by atoms with Gasteiger partial charge in [0.05, 0.1) is 0 Å². The highest BCUT2D eigenvalue weighted by molar-refractivity contribution is 5.70. The number of likely N-dealkylation sites (N-methyl/N-ethyl adjacent to an activating group) is 1. The van der Waals surface area contributed by atoms with E-state index in [9.17, 15) is 0 Å². The van der Waals surface area contributed by atoms with Crippen LogP contribution in [-0.4, -0.2) is 30.5 Å². The van der Waals surface area contributed by atoms with E-state index in [1.165, 1.54) is 30.4 Å². The Morgan fingerprint density at radius 1 is 1.33 bits per heavy atom. The molecule has 2 nitrogen and oxygen atoms in total. The summed E-state index contributed by atoms with van der Waals surface area (Å²) in [5, 5.41) is 0. The molecule has 0 atom stereocenters. The number of aromatic nitrogens is 1. The first-order valence-electron chi connectivity index (χ1n) is 5.53. The highest BCUT2D eigenvalue weighted by atomic mass is 15.0. The number of hydrogen-bond donors (Lipinski definition) is 0. The van der Waals surface area contributed by atoms with Gasteiger partial charge in [-0.3, -0.25) is 4.98 Å². The molecule has 1 heterocycles. The summed E-state index contributed by atoms with van der Waals surface area (Å²) in [6, 6.07) is 4.19. The minimum absolute atomic E-state index is 1.09. The fraction of sp³-hybridized carbons (Fsp3) is 0.462. The third-order valence-corrected chi connectivity index (χ3v) is 2.85. The molecule has 1 aromatic rings. The lowest BCUT2D eigenvalue weighted by Gasteiger charge is -2.13. The molecule has 15 heavy (non-hydrogen) atoms. The molecule has 0 aromatic carbocycles. The quantitative estimate of drug-likeness (QED) is 0.749. The standard InChI is InChI=1S/C13H18N2/c1-15(2)10-12-5-3-7-13(12)11-6-4-8-14-9-11/h4,6,8-9H,3,5,7,10H2,1-2H3. The fourth-order valence-electron chi connectivity index (χ4n) is 2.25. The SMILES string of the molecule is CN(C)CC1=C(c2cccnc2)CCC1. The molecule has 2 heteroatoms. The second-order valence-corrected chi connectivity index (χ2v) is 4.42. The van der Waals surface area contributed by atoms with Gasteiger partial charge in [-0.05, 0) is 50.6 Å². The van der Waals surface area contributed by atoms with E-state index in [1.807, 2.05) is 18.5 Å². The van der Waals surface area contributed by atoms with E-state index in [2.05, 4.69) is 30.0 Å². The molecule has 0 N–H and O–H groups in total. The van der Waals surface area contributed by atoms with Crippen molar-refractivity contribution in [2.75, 3.05) is 20.6 Å². The second kappa shape index (κ2) is 4.58. The lowest BCUT2D eigenvalue weighted by atomic mass is 10.0. The molecule has 0 spiro atoms. The van der Waals surface area contributed by atoms with E-state index >= 15 is 0 Å². The smallest absolute Gasteiger partial charge is 0.0343 e. The molecular formula is C13H18N2. The normalized spacial score (nSPS) is 16.5. The predicted molar refractivity (Wildman–Crippen MR) is 63.6 cm³/mol. The van der Waals surface area contributed by atoms with Crippen molar-refractivity contribution in [1.29, 1.82) is 0 Å². The summed E-state index contributed by atoms with van der Waals surface area (Å²) >= 11 is 0. The molecule has 0 saturated carbocycles. The summed E-state index contributed by atoms with van der Waals surface area (Å²) in [4.78, 5) is 6.44. The molecule has 2 rings (SSSR count). The van der Waals surface area contributed by atoms with Crippen molar-refractivity contribution < 1.29 is 0 Å². The highest BCUT2D eigenvalue weighted by Crippen LogP contribution is 2.33. The molecule has 0 radical (unpaired) electrons. The van der Waals surface area contributed by atoms with Crippen LogP contribution < -0.4 is 0 Å². The molecule has 0 fully saturated rings. The van der Waals surface area contributed by atoms with Crippen molar-refractivity contribution in [1.82, 2.24) is 9.88 Å². The Hall–Kier alpha value is -1.15. The number of rotatable bonds is 3. The van der Waals surface area contributed by atoms with Crippen molar-refractivity contribution in [3.63, 3.8) is 0 Å². The van der Waals surface area contributed by atoms with Crippen LogP contribution >= 0.6 is 0 Å². The first kappa shape index (κ1) is 10.4. The van der Waals surface area contributed by atoms with E-state index in [0.29, 0.717) is 0 Å². The molecular weight excluding hydrogens is 184 g/mol. The molecule has 0 aliphatic heterocycles. The van der Waals surface area contributed by atoms with Gasteiger partial charge < -0.3 is 4.90 Å². The Bertz CT molecular complexity index is 352. The van der Waals surface area contributed by atoms with Crippen molar-refractivity contribution in [3.05, 3.63) is 35.7 Å². The van der Waals surface area contributed by atoms with Gasteiger partial charge in [0, 0.05) is 18.9 Å². The fourth-order valence-corrected chi connectivity index (χ4v) is 2.25. The zero-order chi connectivity index (χ0) is 10.7. The highest BCUT2D eigenvalue weighted by Gasteiger charge is 2.16. The van der Waals surface area contributed by atoms with Gasteiger partial charge in [-0.15, -0.1) is 0 Å². The third kappa shape index (κ3) is 2.45. The number of nitrogens with zero attached hydrogens (tertiary/aromatic N) is 2. The maximum Gasteiger partial charge on any atom is 0.0343 e. The van der Waals surface area contributed by atoms with E-state index in [4.69, 9.17) is 0 Å². The van der Waals surface area contributed by atoms with Gasteiger partial charge in [-0.2, -0.15) is 0 Å². The summed E-state index contributed by atoms with van der Waals surface area (Å²) in [5.41, 5.74) is 4.43. The zero-order valence-corrected chi connectivity index (χ0v) is 9.53. The van der Waals surface area contributed by atoms with Crippen LogP contribution in [0.5, 0.6) is 0 Å². The lowest BCUT2D eigenvalue weighted by Crippen LogP contribution is -2.14. The Kier molecular flexibility index (Phi) is 3.17. The Morgan fingerprint density at radius 3 is 2.87 bits per heavy atom. The van der Waals surface area contributed by atoms with Gasteiger partial charge in [-0.1, -0.05) is 11.6 Å². The Morgan fingerprint density at radius 2 is 2.20 bits per heavy atom. The predicted octanol–water partition coefficient (Wildman–Crippen LogP) is 2.58. The number of allylic oxidation sites excluding steroid dienone is 1. The van der Waals surface area contributed by atoms with E-state index in [0.717, 1.165) is 6.54 Å². The number of hydrogen-bond acceptors (Lipinski definition) is 2. The monoisotopic (exact) mass is 202 g/mol. The molecule has 0 bridgehead atoms. The van der Waals surface area contributed by atoms with Crippen LogP contribution in [0.1, 0.15) is 24.8 Å². The second-order valence-electron chi connectivity index (χ2n) is 4.42. The summed E-state index contributed by atoms with van der Waals surface area (Å²) < 4.78 is 0. The van der Waals surface area contributed by atoms with Gasteiger partial charge in [0.2, 0.25) is 0 Å². The van der Waals surface area contributed by atoms with Crippen molar-refractivity contribution in [2.24, 2.45) is 0 Å². The zero-order valence-electron chi connectivity index (χ0n) is 9.53. The Labute approximate surface area is 91.6 Å². The van der Waals surface area contributed by atoms with Crippen LogP contribution in [0.2, 0.25) is 0 Å². The summed E-state index contributed by atoms with van der Waals surface area (Å²) in [7, 11) is 4.26. The third-order valence-electron chi connectivity index (χ3n) is 2.85. The van der Waals surface area contributed by atoms with Crippen LogP contribution in [0.25, 0.3) is 5.57 Å². The van der Waals surface area contributed by atoms with Gasteiger partial charge in [0.25, 0.3) is 0 Å². The maximum absolute atomic E-state index is 4.20. The van der Waals surface area contributed by atoms with Gasteiger partial charge in [-0.25, -0.2) is 0 Å². The van der Waals surface area contributed by atoms with Crippen LogP contribution in [-0.2, 0) is 0 Å². The Balaban J connectivity index is 2.26. The summed E-state index contributed by atoms with van der Waals surface area (Å²) in [6.45, 7) is 1.09. The topological polar surface area (TPSA) is 16.1 Å². The summed E-state index contributed by atoms with van der Waals surface area (Å²) in [6.07, 6.45) is 7.59. The molecule has 1 aliphatic rings. The van der Waals surface area contributed by atoms with Crippen molar-refractivity contribution in [2.45, 2.75) is 19.3 Å². The molecule has 0 saturated heterocycles. The lowest BCUT2D eigenvalue weighted by molar-refractivity contribution is 0.442. The molecule has 0 amide bonds. The summed E-state index contributed by atoms with van der Waals surface area (Å²) in [5.74, 6) is 0. The van der Waals surface area contributed by atoms with Gasteiger partial charge in [0.15, 0.2) is 0 Å². The minimum Gasteiger partial charge on any atom is -0.305 e.